The fourth-order valence-corrected chi connectivity index (χ4v) is 1.99. The standard InChI is InChI=1S/C13H15BrN2O4/c1-3-6-15(7-8-20-2)13(17)10-4-5-11(14)12(9-10)16(18)19/h3-5,9H,1,6-8H2,2H3. The Morgan fingerprint density at radius 3 is 2.85 bits per heavy atom. The monoisotopic (exact) mass is 342 g/mol. The van der Waals surface area contributed by atoms with Gasteiger partial charge in [0.25, 0.3) is 11.6 Å². The summed E-state index contributed by atoms with van der Waals surface area (Å²) in [6.07, 6.45) is 1.60. The fraction of sp³-hybridized carbons (Fsp3) is 0.308. The Bertz CT molecular complexity index is 519. The average molecular weight is 343 g/mol. The van der Waals surface area contributed by atoms with Crippen LogP contribution in [0.5, 0.6) is 0 Å². The molecule has 0 aliphatic carbocycles. The van der Waals surface area contributed by atoms with Gasteiger partial charge in [-0.1, -0.05) is 6.08 Å². The number of carbonyl (C=O) groups excluding carboxylic acids is 1. The van der Waals surface area contributed by atoms with E-state index in [9.17, 15) is 14.9 Å². The van der Waals surface area contributed by atoms with Crippen LogP contribution in [-0.4, -0.2) is 42.5 Å². The second-order valence-corrected chi connectivity index (χ2v) is 4.81. The number of rotatable bonds is 7. The Balaban J connectivity index is 3.02. The van der Waals surface area contributed by atoms with Crippen LogP contribution in [0.15, 0.2) is 35.3 Å². The van der Waals surface area contributed by atoms with E-state index in [1.54, 1.807) is 19.3 Å². The molecule has 20 heavy (non-hydrogen) atoms. The number of nitrogens with zero attached hydrogens (tertiary/aromatic N) is 2. The second-order valence-electron chi connectivity index (χ2n) is 3.96. The lowest BCUT2D eigenvalue weighted by atomic mass is 10.1. The van der Waals surface area contributed by atoms with Crippen LogP contribution in [-0.2, 0) is 4.74 Å². The third kappa shape index (κ3) is 4.14. The molecule has 0 saturated carbocycles. The second kappa shape index (κ2) is 7.76. The number of amides is 1. The Kier molecular flexibility index (Phi) is 6.33. The summed E-state index contributed by atoms with van der Waals surface area (Å²) >= 11 is 3.09. The van der Waals surface area contributed by atoms with E-state index in [0.29, 0.717) is 24.2 Å². The smallest absolute Gasteiger partial charge is 0.284 e. The highest BCUT2D eigenvalue weighted by Gasteiger charge is 2.19. The number of halogens is 1. The summed E-state index contributed by atoms with van der Waals surface area (Å²) in [5.41, 5.74) is 0.124. The van der Waals surface area contributed by atoms with E-state index in [1.807, 2.05) is 0 Å². The van der Waals surface area contributed by atoms with Gasteiger partial charge >= 0.3 is 0 Å². The molecule has 0 spiro atoms. The molecule has 0 fully saturated rings. The molecule has 0 aliphatic heterocycles. The first-order chi connectivity index (χ1) is 9.51. The molecule has 1 rings (SSSR count). The lowest BCUT2D eigenvalue weighted by Gasteiger charge is -2.20. The van der Waals surface area contributed by atoms with Crippen LogP contribution in [0, 0.1) is 10.1 Å². The molecule has 1 amide bonds. The summed E-state index contributed by atoms with van der Waals surface area (Å²) in [6, 6.07) is 4.30. The number of hydrogen-bond acceptors (Lipinski definition) is 4. The fourth-order valence-electron chi connectivity index (χ4n) is 1.60. The number of nitro benzene ring substituents is 1. The number of carbonyl (C=O) groups is 1. The third-order valence-corrected chi connectivity index (χ3v) is 3.26. The Labute approximate surface area is 125 Å². The highest BCUT2D eigenvalue weighted by molar-refractivity contribution is 9.10. The summed E-state index contributed by atoms with van der Waals surface area (Å²) in [6.45, 7) is 4.73. The lowest BCUT2D eigenvalue weighted by molar-refractivity contribution is -0.385. The van der Waals surface area contributed by atoms with Crippen LogP contribution in [0.25, 0.3) is 0 Å². The summed E-state index contributed by atoms with van der Waals surface area (Å²) in [5, 5.41) is 10.9. The SMILES string of the molecule is C=CCN(CCOC)C(=O)c1ccc(Br)c([N+](=O)[O-])c1. The zero-order valence-electron chi connectivity index (χ0n) is 11.0. The Morgan fingerprint density at radius 2 is 2.30 bits per heavy atom. The first-order valence-corrected chi connectivity index (χ1v) is 6.63. The molecule has 108 valence electrons. The van der Waals surface area contributed by atoms with Crippen molar-refractivity contribution in [3.63, 3.8) is 0 Å². The van der Waals surface area contributed by atoms with Gasteiger partial charge in [-0.2, -0.15) is 0 Å². The minimum atomic E-state index is -0.534. The molecule has 0 aliphatic rings. The van der Waals surface area contributed by atoms with Gasteiger partial charge in [0, 0.05) is 31.8 Å². The minimum Gasteiger partial charge on any atom is -0.383 e. The summed E-state index contributed by atoms with van der Waals surface area (Å²) in [5.74, 6) is -0.294. The van der Waals surface area contributed by atoms with Crippen molar-refractivity contribution in [2.24, 2.45) is 0 Å². The van der Waals surface area contributed by atoms with Crippen molar-refractivity contribution in [2.45, 2.75) is 0 Å². The zero-order chi connectivity index (χ0) is 15.1. The van der Waals surface area contributed by atoms with Gasteiger partial charge in [0.15, 0.2) is 0 Å². The number of nitro groups is 1. The highest BCUT2D eigenvalue weighted by atomic mass is 79.9. The highest BCUT2D eigenvalue weighted by Crippen LogP contribution is 2.26. The van der Waals surface area contributed by atoms with E-state index in [1.165, 1.54) is 17.0 Å². The number of benzene rings is 1. The molecule has 6 nitrogen and oxygen atoms in total. The van der Waals surface area contributed by atoms with Gasteiger partial charge in [-0.15, -0.1) is 6.58 Å². The number of methoxy groups -OCH3 is 1. The maximum atomic E-state index is 12.3. The molecule has 0 radical (unpaired) electrons. The van der Waals surface area contributed by atoms with E-state index in [4.69, 9.17) is 4.74 Å². The van der Waals surface area contributed by atoms with Crippen molar-refractivity contribution < 1.29 is 14.5 Å². The van der Waals surface area contributed by atoms with Crippen molar-refractivity contribution in [1.82, 2.24) is 4.90 Å². The molecule has 0 heterocycles. The molecule has 0 aromatic heterocycles. The van der Waals surface area contributed by atoms with Crippen molar-refractivity contribution in [1.29, 1.82) is 0 Å². The molecular formula is C13H15BrN2O4. The van der Waals surface area contributed by atoms with Crippen LogP contribution in [0.3, 0.4) is 0 Å². The van der Waals surface area contributed by atoms with Gasteiger partial charge < -0.3 is 9.64 Å². The average Bonchev–Trinajstić information content (AvgIpc) is 2.43. The van der Waals surface area contributed by atoms with Crippen molar-refractivity contribution in [3.8, 4) is 0 Å². The lowest BCUT2D eigenvalue weighted by Crippen LogP contribution is -2.34. The van der Waals surface area contributed by atoms with Crippen LogP contribution in [0.1, 0.15) is 10.4 Å². The molecule has 1 aromatic rings. The van der Waals surface area contributed by atoms with Gasteiger partial charge in [-0.3, -0.25) is 14.9 Å². The van der Waals surface area contributed by atoms with Crippen molar-refractivity contribution >= 4 is 27.5 Å². The topological polar surface area (TPSA) is 72.7 Å². The summed E-state index contributed by atoms with van der Waals surface area (Å²) in [7, 11) is 1.54. The van der Waals surface area contributed by atoms with E-state index in [-0.39, 0.29) is 17.2 Å². The first-order valence-electron chi connectivity index (χ1n) is 5.84. The van der Waals surface area contributed by atoms with Crippen LogP contribution >= 0.6 is 15.9 Å². The van der Waals surface area contributed by atoms with E-state index >= 15 is 0 Å². The van der Waals surface area contributed by atoms with Crippen molar-refractivity contribution in [3.05, 3.63) is 51.0 Å². The predicted molar refractivity (Wildman–Crippen MR) is 78.8 cm³/mol. The quantitative estimate of drug-likeness (QED) is 0.433. The third-order valence-electron chi connectivity index (χ3n) is 2.59. The Hall–Kier alpha value is -1.73. The Morgan fingerprint density at radius 1 is 1.60 bits per heavy atom. The van der Waals surface area contributed by atoms with Crippen LogP contribution in [0.4, 0.5) is 5.69 Å². The first kappa shape index (κ1) is 16.3. The van der Waals surface area contributed by atoms with Gasteiger partial charge in [0.2, 0.25) is 0 Å². The molecule has 1 aromatic carbocycles. The van der Waals surface area contributed by atoms with Gasteiger partial charge in [0.05, 0.1) is 16.0 Å². The largest absolute Gasteiger partial charge is 0.383 e. The number of hydrogen-bond donors (Lipinski definition) is 0. The molecule has 0 atom stereocenters. The van der Waals surface area contributed by atoms with E-state index in [2.05, 4.69) is 22.5 Å². The van der Waals surface area contributed by atoms with E-state index < -0.39 is 4.92 Å². The molecule has 0 unspecified atom stereocenters. The van der Waals surface area contributed by atoms with E-state index in [0.717, 1.165) is 0 Å². The maximum Gasteiger partial charge on any atom is 0.284 e. The van der Waals surface area contributed by atoms with Crippen LogP contribution < -0.4 is 0 Å². The minimum absolute atomic E-state index is 0.138. The van der Waals surface area contributed by atoms with Gasteiger partial charge in [-0.05, 0) is 28.1 Å². The van der Waals surface area contributed by atoms with Gasteiger partial charge in [0.1, 0.15) is 0 Å². The van der Waals surface area contributed by atoms with Crippen LogP contribution in [0.2, 0.25) is 0 Å². The summed E-state index contributed by atoms with van der Waals surface area (Å²) in [4.78, 5) is 24.2. The van der Waals surface area contributed by atoms with Crippen molar-refractivity contribution in [2.75, 3.05) is 26.8 Å². The molecular weight excluding hydrogens is 328 g/mol. The molecule has 7 heteroatoms. The molecule has 0 bridgehead atoms. The maximum absolute atomic E-state index is 12.3. The number of ether oxygens (including phenoxy) is 1. The predicted octanol–water partition coefficient (Wildman–Crippen LogP) is 2.63. The molecule has 0 saturated heterocycles. The summed E-state index contributed by atoms with van der Waals surface area (Å²) < 4.78 is 5.28. The molecule has 0 N–H and O–H groups in total. The van der Waals surface area contributed by atoms with Gasteiger partial charge in [-0.25, -0.2) is 0 Å². The zero-order valence-corrected chi connectivity index (χ0v) is 12.6. The normalized spacial score (nSPS) is 10.1.